The van der Waals surface area contributed by atoms with Crippen molar-refractivity contribution in [3.05, 3.63) is 38.3 Å². The molecule has 1 aromatic heterocycles. The van der Waals surface area contributed by atoms with Gasteiger partial charge in [-0.1, -0.05) is 0 Å². The highest BCUT2D eigenvalue weighted by Crippen LogP contribution is 2.30. The van der Waals surface area contributed by atoms with Crippen molar-refractivity contribution in [2.24, 2.45) is 0 Å². The van der Waals surface area contributed by atoms with Crippen molar-refractivity contribution in [1.29, 1.82) is 0 Å². The number of carbonyl (C=O) groups excluding carboxylic acids is 1. The van der Waals surface area contributed by atoms with Gasteiger partial charge in [-0.15, -0.1) is 11.3 Å². The minimum absolute atomic E-state index is 0.00135. The van der Waals surface area contributed by atoms with Crippen LogP contribution in [0.3, 0.4) is 0 Å². The van der Waals surface area contributed by atoms with Crippen molar-refractivity contribution in [2.75, 3.05) is 5.32 Å². The molecule has 0 bridgehead atoms. The van der Waals surface area contributed by atoms with Crippen LogP contribution >= 0.6 is 37.9 Å². The number of benzene rings is 1. The zero-order chi connectivity index (χ0) is 15.8. The summed E-state index contributed by atoms with van der Waals surface area (Å²) in [6.45, 7) is 3.41. The summed E-state index contributed by atoms with van der Waals surface area (Å²) < 4.78 is 23.2. The van der Waals surface area contributed by atoms with Gasteiger partial charge in [0.05, 0.1) is 15.6 Å². The summed E-state index contributed by atoms with van der Waals surface area (Å²) >= 11 is 4.60. The van der Waals surface area contributed by atoms with Crippen molar-refractivity contribution in [3.63, 3.8) is 0 Å². The quantitative estimate of drug-likeness (QED) is 0.784. The van der Waals surface area contributed by atoms with Gasteiger partial charge >= 0.3 is 0 Å². The highest BCUT2D eigenvalue weighted by Gasteiger charge is 2.18. The number of carbonyl (C=O) groups is 1. The fourth-order valence-electron chi connectivity index (χ4n) is 1.68. The van der Waals surface area contributed by atoms with Gasteiger partial charge in [0, 0.05) is 20.5 Å². The van der Waals surface area contributed by atoms with E-state index in [-0.39, 0.29) is 10.8 Å². The monoisotopic (exact) mass is 408 g/mol. The van der Waals surface area contributed by atoms with E-state index in [0.717, 1.165) is 5.01 Å². The van der Waals surface area contributed by atoms with E-state index >= 15 is 0 Å². The summed E-state index contributed by atoms with van der Waals surface area (Å²) in [6, 6.07) is 2.90. The normalized spacial score (nSPS) is 11.4. The molecule has 0 aliphatic carbocycles. The van der Waals surface area contributed by atoms with Crippen molar-refractivity contribution in [1.82, 2.24) is 4.98 Å². The van der Waals surface area contributed by atoms with Crippen LogP contribution in [0.25, 0.3) is 0 Å². The molecule has 112 valence electrons. The highest BCUT2D eigenvalue weighted by molar-refractivity contribution is 9.10. The zero-order valence-corrected chi connectivity index (χ0v) is 15.0. The average Bonchev–Trinajstić information content (AvgIpc) is 2.78. The molecule has 9 heteroatoms. The predicted molar refractivity (Wildman–Crippen MR) is 86.7 cm³/mol. The number of hydrogen-bond acceptors (Lipinski definition) is 5. The fourth-order valence-corrected chi connectivity index (χ4v) is 4.06. The maximum atomic E-state index is 12.0. The standard InChI is InChI=1S/C12H10BrClN2O3S2/c1-6-3-9(8(13)4-11(6)21(14,18)19)16-12(17)10-5-20-7(2)15-10/h3-5H,1-2H3,(H,16,17). The van der Waals surface area contributed by atoms with E-state index < -0.39 is 9.05 Å². The number of amides is 1. The van der Waals surface area contributed by atoms with Crippen molar-refractivity contribution >= 4 is 58.6 Å². The predicted octanol–water partition coefficient (Wildman–Crippen LogP) is 3.70. The van der Waals surface area contributed by atoms with Crippen LogP contribution in [-0.2, 0) is 9.05 Å². The summed E-state index contributed by atoms with van der Waals surface area (Å²) in [5.41, 5.74) is 1.21. The molecule has 2 aromatic rings. The van der Waals surface area contributed by atoms with Gasteiger partial charge in [0.2, 0.25) is 0 Å². The molecule has 1 N–H and O–H groups in total. The molecule has 1 amide bonds. The molecular weight excluding hydrogens is 400 g/mol. The van der Waals surface area contributed by atoms with E-state index in [4.69, 9.17) is 10.7 Å². The Hall–Kier alpha value is -0.960. The van der Waals surface area contributed by atoms with Gasteiger partial charge in [-0.3, -0.25) is 4.79 Å². The second kappa shape index (κ2) is 6.04. The molecule has 0 unspecified atom stereocenters. The summed E-state index contributed by atoms with van der Waals surface area (Å²) in [7, 11) is 1.52. The molecule has 0 saturated heterocycles. The maximum absolute atomic E-state index is 12.0. The van der Waals surface area contributed by atoms with Crippen LogP contribution in [0.15, 0.2) is 26.9 Å². The van der Waals surface area contributed by atoms with Crippen LogP contribution in [-0.4, -0.2) is 19.3 Å². The summed E-state index contributed by atoms with van der Waals surface area (Å²) in [4.78, 5) is 16.1. The number of nitrogens with zero attached hydrogens (tertiary/aromatic N) is 1. The van der Waals surface area contributed by atoms with Gasteiger partial charge in [-0.25, -0.2) is 13.4 Å². The number of nitrogens with one attached hydrogen (secondary N) is 1. The Balaban J connectivity index is 2.34. The number of thiazole rings is 1. The van der Waals surface area contributed by atoms with E-state index in [0.29, 0.717) is 21.4 Å². The maximum Gasteiger partial charge on any atom is 0.275 e. The summed E-state index contributed by atoms with van der Waals surface area (Å²) in [6.07, 6.45) is 0. The Labute approximate surface area is 138 Å². The van der Waals surface area contributed by atoms with Crippen LogP contribution in [0, 0.1) is 13.8 Å². The van der Waals surface area contributed by atoms with E-state index in [2.05, 4.69) is 26.2 Å². The zero-order valence-electron chi connectivity index (χ0n) is 11.0. The lowest BCUT2D eigenvalue weighted by Gasteiger charge is -2.10. The Morgan fingerprint density at radius 3 is 2.57 bits per heavy atom. The number of hydrogen-bond donors (Lipinski definition) is 1. The average molecular weight is 410 g/mol. The molecule has 21 heavy (non-hydrogen) atoms. The molecule has 0 spiro atoms. The molecule has 2 rings (SSSR count). The first-order chi connectivity index (χ1) is 9.68. The lowest BCUT2D eigenvalue weighted by atomic mass is 10.2. The smallest absolute Gasteiger partial charge is 0.275 e. The number of halogens is 2. The first-order valence-corrected chi connectivity index (χ1v) is 9.65. The molecule has 0 atom stereocenters. The van der Waals surface area contributed by atoms with Crippen LogP contribution in [0.4, 0.5) is 5.69 Å². The van der Waals surface area contributed by atoms with Crippen LogP contribution in [0.1, 0.15) is 21.1 Å². The Bertz CT molecular complexity index is 818. The highest BCUT2D eigenvalue weighted by atomic mass is 79.9. The Kier molecular flexibility index (Phi) is 4.72. The van der Waals surface area contributed by atoms with Gasteiger partial charge in [0.15, 0.2) is 0 Å². The number of aromatic nitrogens is 1. The SMILES string of the molecule is Cc1nc(C(=O)Nc2cc(C)c(S(=O)(=O)Cl)cc2Br)cs1. The largest absolute Gasteiger partial charge is 0.320 e. The minimum atomic E-state index is -3.83. The van der Waals surface area contributed by atoms with E-state index in [9.17, 15) is 13.2 Å². The third-order valence-corrected chi connectivity index (χ3v) is 5.52. The molecule has 0 aliphatic rings. The molecule has 0 fully saturated rings. The van der Waals surface area contributed by atoms with Gasteiger partial charge in [0.25, 0.3) is 15.0 Å². The molecular formula is C12H10BrClN2O3S2. The van der Waals surface area contributed by atoms with E-state index in [1.54, 1.807) is 12.3 Å². The molecule has 0 aliphatic heterocycles. The van der Waals surface area contributed by atoms with Crippen LogP contribution in [0.2, 0.25) is 0 Å². The third kappa shape index (κ3) is 3.82. The van der Waals surface area contributed by atoms with Gasteiger partial charge in [-0.2, -0.15) is 0 Å². The number of aryl methyl sites for hydroxylation is 2. The van der Waals surface area contributed by atoms with Gasteiger partial charge in [0.1, 0.15) is 5.69 Å². The number of rotatable bonds is 3. The lowest BCUT2D eigenvalue weighted by Crippen LogP contribution is -2.13. The first kappa shape index (κ1) is 16.4. The third-order valence-electron chi connectivity index (χ3n) is 2.63. The summed E-state index contributed by atoms with van der Waals surface area (Å²) in [5.74, 6) is -0.360. The van der Waals surface area contributed by atoms with Crippen LogP contribution < -0.4 is 5.32 Å². The molecule has 0 saturated carbocycles. The molecule has 1 heterocycles. The van der Waals surface area contributed by atoms with E-state index in [1.165, 1.54) is 23.5 Å². The molecule has 5 nitrogen and oxygen atoms in total. The lowest BCUT2D eigenvalue weighted by molar-refractivity contribution is 0.102. The van der Waals surface area contributed by atoms with Crippen molar-refractivity contribution < 1.29 is 13.2 Å². The molecule has 1 aromatic carbocycles. The Morgan fingerprint density at radius 2 is 2.05 bits per heavy atom. The van der Waals surface area contributed by atoms with Crippen LogP contribution in [0.5, 0.6) is 0 Å². The second-order valence-corrected chi connectivity index (χ2v) is 8.69. The summed E-state index contributed by atoms with van der Waals surface area (Å²) in [5, 5.41) is 5.13. The van der Waals surface area contributed by atoms with Gasteiger partial charge in [-0.05, 0) is 47.5 Å². The number of anilines is 1. The Morgan fingerprint density at radius 1 is 1.38 bits per heavy atom. The second-order valence-electron chi connectivity index (χ2n) is 4.24. The first-order valence-electron chi connectivity index (χ1n) is 5.67. The van der Waals surface area contributed by atoms with Crippen molar-refractivity contribution in [3.8, 4) is 0 Å². The minimum Gasteiger partial charge on any atom is -0.320 e. The fraction of sp³-hybridized carbons (Fsp3) is 0.167. The van der Waals surface area contributed by atoms with Crippen molar-refractivity contribution in [2.45, 2.75) is 18.7 Å². The topological polar surface area (TPSA) is 76.1 Å². The van der Waals surface area contributed by atoms with E-state index in [1.807, 2.05) is 6.92 Å². The van der Waals surface area contributed by atoms with Gasteiger partial charge < -0.3 is 5.32 Å². The molecule has 0 radical (unpaired) electrons.